The lowest BCUT2D eigenvalue weighted by atomic mass is 10.2. The fraction of sp³-hybridized carbons (Fsp3) is 0.190. The van der Waals surface area contributed by atoms with Crippen molar-refractivity contribution in [2.45, 2.75) is 6.54 Å². The highest BCUT2D eigenvalue weighted by molar-refractivity contribution is 7.07. The Hall–Kier alpha value is -3.10. The van der Waals surface area contributed by atoms with Crippen LogP contribution in [0.25, 0.3) is 0 Å². The van der Waals surface area contributed by atoms with Crippen molar-refractivity contribution in [1.29, 1.82) is 0 Å². The Labute approximate surface area is 182 Å². The van der Waals surface area contributed by atoms with Crippen molar-refractivity contribution < 1.29 is 19.1 Å². The number of aromatic nitrogens is 1. The van der Waals surface area contributed by atoms with Gasteiger partial charge in [0.15, 0.2) is 16.3 Å². The minimum absolute atomic E-state index is 0.225. The molecule has 0 spiro atoms. The van der Waals surface area contributed by atoms with E-state index in [1.807, 2.05) is 40.4 Å². The Bertz CT molecular complexity index is 1120. The van der Waals surface area contributed by atoms with Crippen LogP contribution in [0, 0.1) is 0 Å². The molecule has 0 fully saturated rings. The van der Waals surface area contributed by atoms with Crippen LogP contribution in [0.4, 0.5) is 0 Å². The molecule has 3 aromatic rings. The van der Waals surface area contributed by atoms with E-state index in [4.69, 9.17) is 21.1 Å². The molecule has 0 saturated carbocycles. The van der Waals surface area contributed by atoms with Crippen LogP contribution in [0.1, 0.15) is 15.9 Å². The van der Waals surface area contributed by atoms with E-state index >= 15 is 0 Å². The van der Waals surface area contributed by atoms with Crippen molar-refractivity contribution in [2.75, 3.05) is 20.8 Å². The Morgan fingerprint density at radius 2 is 1.90 bits per heavy atom. The third kappa shape index (κ3) is 5.28. The molecule has 1 heterocycles. The van der Waals surface area contributed by atoms with E-state index < -0.39 is 11.8 Å². The van der Waals surface area contributed by atoms with Crippen molar-refractivity contribution in [3.63, 3.8) is 0 Å². The van der Waals surface area contributed by atoms with Crippen LogP contribution in [-0.2, 0) is 11.3 Å². The molecule has 1 aromatic heterocycles. The molecule has 0 aliphatic carbocycles. The molecule has 3 rings (SSSR count). The summed E-state index contributed by atoms with van der Waals surface area (Å²) in [7, 11) is 3.00. The van der Waals surface area contributed by atoms with E-state index in [1.165, 1.54) is 25.6 Å². The Kier molecular flexibility index (Phi) is 7.26. The summed E-state index contributed by atoms with van der Waals surface area (Å²) in [5.74, 6) is 0.0788. The summed E-state index contributed by atoms with van der Waals surface area (Å²) in [5.41, 5.74) is 1.28. The van der Waals surface area contributed by atoms with Gasteiger partial charge in [0.1, 0.15) is 0 Å². The standard InChI is InChI=1S/C21H20ClN3O4S/c1-28-17-8-7-14(11-18(17)29-2)20(27)23-12-19(26)24-21-25(9-10-30-21)13-15-5-3-4-6-16(15)22/h3-11H,12-13H2,1-2H3,(H,23,27). The molecular formula is C21H20ClN3O4S. The summed E-state index contributed by atoms with van der Waals surface area (Å²) >= 11 is 7.54. The van der Waals surface area contributed by atoms with E-state index in [-0.39, 0.29) is 6.54 Å². The van der Waals surface area contributed by atoms with Gasteiger partial charge in [-0.25, -0.2) is 0 Å². The molecule has 2 amide bonds. The number of nitrogens with zero attached hydrogens (tertiary/aromatic N) is 2. The molecule has 0 aliphatic heterocycles. The number of ether oxygens (including phenoxy) is 2. The Balaban J connectivity index is 1.66. The summed E-state index contributed by atoms with van der Waals surface area (Å²) < 4.78 is 12.2. The number of amides is 2. The van der Waals surface area contributed by atoms with Gasteiger partial charge in [-0.3, -0.25) is 9.59 Å². The molecule has 0 aliphatic rings. The lowest BCUT2D eigenvalue weighted by Crippen LogP contribution is -2.30. The maximum Gasteiger partial charge on any atom is 0.267 e. The number of carbonyl (C=O) groups excluding carboxylic acids is 2. The zero-order valence-electron chi connectivity index (χ0n) is 16.4. The molecule has 2 aromatic carbocycles. The van der Waals surface area contributed by atoms with Gasteiger partial charge in [-0.05, 0) is 29.8 Å². The molecule has 0 bridgehead atoms. The number of hydrogen-bond acceptors (Lipinski definition) is 5. The van der Waals surface area contributed by atoms with Crippen LogP contribution in [0.2, 0.25) is 5.02 Å². The zero-order chi connectivity index (χ0) is 21.5. The molecule has 30 heavy (non-hydrogen) atoms. The lowest BCUT2D eigenvalue weighted by molar-refractivity contribution is -0.117. The van der Waals surface area contributed by atoms with Gasteiger partial charge in [0.25, 0.3) is 11.8 Å². The Morgan fingerprint density at radius 1 is 1.13 bits per heavy atom. The highest BCUT2D eigenvalue weighted by Crippen LogP contribution is 2.27. The second-order valence-electron chi connectivity index (χ2n) is 6.16. The molecule has 156 valence electrons. The number of carbonyl (C=O) groups is 2. The van der Waals surface area contributed by atoms with Gasteiger partial charge in [-0.2, -0.15) is 4.99 Å². The second kappa shape index (κ2) is 10.1. The summed E-state index contributed by atoms with van der Waals surface area (Å²) in [6.07, 6.45) is 1.84. The van der Waals surface area contributed by atoms with Crippen molar-refractivity contribution in [3.8, 4) is 11.5 Å². The average molecular weight is 446 g/mol. The second-order valence-corrected chi connectivity index (χ2v) is 7.44. The van der Waals surface area contributed by atoms with Gasteiger partial charge >= 0.3 is 0 Å². The number of methoxy groups -OCH3 is 2. The zero-order valence-corrected chi connectivity index (χ0v) is 18.0. The number of hydrogen-bond donors (Lipinski definition) is 1. The summed E-state index contributed by atoms with van der Waals surface area (Å²) in [5, 5.41) is 5.06. The lowest BCUT2D eigenvalue weighted by Gasteiger charge is -2.09. The van der Waals surface area contributed by atoms with Crippen LogP contribution >= 0.6 is 22.9 Å². The molecule has 0 unspecified atom stereocenters. The topological polar surface area (TPSA) is 81.9 Å². The van der Waals surface area contributed by atoms with E-state index in [0.29, 0.717) is 33.4 Å². The average Bonchev–Trinajstić information content (AvgIpc) is 3.19. The number of rotatable bonds is 7. The summed E-state index contributed by atoms with van der Waals surface area (Å²) in [6, 6.07) is 12.3. The molecule has 1 N–H and O–H groups in total. The molecule has 0 radical (unpaired) electrons. The smallest absolute Gasteiger partial charge is 0.267 e. The normalized spacial score (nSPS) is 11.2. The van der Waals surface area contributed by atoms with Gasteiger partial charge in [-0.15, -0.1) is 11.3 Å². The van der Waals surface area contributed by atoms with E-state index in [1.54, 1.807) is 18.2 Å². The predicted molar refractivity (Wildman–Crippen MR) is 115 cm³/mol. The van der Waals surface area contributed by atoms with Crippen LogP contribution in [0.15, 0.2) is 59.0 Å². The third-order valence-corrected chi connectivity index (χ3v) is 5.39. The molecule has 9 heteroatoms. The molecule has 7 nitrogen and oxygen atoms in total. The molecule has 0 atom stereocenters. The fourth-order valence-electron chi connectivity index (χ4n) is 2.70. The van der Waals surface area contributed by atoms with Gasteiger partial charge in [-0.1, -0.05) is 29.8 Å². The van der Waals surface area contributed by atoms with E-state index in [2.05, 4.69) is 10.3 Å². The van der Waals surface area contributed by atoms with Crippen LogP contribution in [0.3, 0.4) is 0 Å². The minimum atomic E-state index is -0.459. The number of thiazole rings is 1. The maximum atomic E-state index is 12.3. The van der Waals surface area contributed by atoms with Crippen molar-refractivity contribution in [3.05, 3.63) is 75.0 Å². The first-order valence-electron chi connectivity index (χ1n) is 8.97. The third-order valence-electron chi connectivity index (χ3n) is 4.22. The van der Waals surface area contributed by atoms with Crippen LogP contribution in [0.5, 0.6) is 11.5 Å². The van der Waals surface area contributed by atoms with Gasteiger partial charge in [0.2, 0.25) is 0 Å². The largest absolute Gasteiger partial charge is 0.493 e. The van der Waals surface area contributed by atoms with Crippen molar-refractivity contribution in [1.82, 2.24) is 9.88 Å². The number of halogens is 1. The predicted octanol–water partition coefficient (Wildman–Crippen LogP) is 3.13. The minimum Gasteiger partial charge on any atom is -0.493 e. The molecular weight excluding hydrogens is 426 g/mol. The quantitative estimate of drug-likeness (QED) is 0.605. The highest BCUT2D eigenvalue weighted by atomic mass is 35.5. The maximum absolute atomic E-state index is 12.3. The van der Waals surface area contributed by atoms with E-state index in [0.717, 1.165) is 5.56 Å². The monoisotopic (exact) mass is 445 g/mol. The highest BCUT2D eigenvalue weighted by Gasteiger charge is 2.12. The van der Waals surface area contributed by atoms with Gasteiger partial charge < -0.3 is 19.4 Å². The summed E-state index contributed by atoms with van der Waals surface area (Å²) in [4.78, 5) is 29.3. The number of benzene rings is 2. The van der Waals surface area contributed by atoms with Gasteiger partial charge in [0.05, 0.1) is 27.3 Å². The summed E-state index contributed by atoms with van der Waals surface area (Å²) in [6.45, 7) is 0.268. The van der Waals surface area contributed by atoms with Crippen molar-refractivity contribution >= 4 is 34.8 Å². The first kappa shape index (κ1) is 21.6. The van der Waals surface area contributed by atoms with Crippen LogP contribution < -0.4 is 19.6 Å². The first-order chi connectivity index (χ1) is 14.5. The van der Waals surface area contributed by atoms with Crippen molar-refractivity contribution in [2.24, 2.45) is 4.99 Å². The SMILES string of the molecule is COc1ccc(C(=O)NCC(=O)N=c2sccn2Cc2ccccc2Cl)cc1OC. The molecule has 0 saturated heterocycles. The fourth-order valence-corrected chi connectivity index (χ4v) is 3.64. The Morgan fingerprint density at radius 3 is 2.63 bits per heavy atom. The number of nitrogens with one attached hydrogen (secondary N) is 1. The van der Waals surface area contributed by atoms with Gasteiger partial charge in [0, 0.05) is 22.2 Å². The first-order valence-corrected chi connectivity index (χ1v) is 10.2. The van der Waals surface area contributed by atoms with E-state index in [9.17, 15) is 9.59 Å². The van der Waals surface area contributed by atoms with Crippen LogP contribution in [-0.4, -0.2) is 37.1 Å².